The Labute approximate surface area is 196 Å². The van der Waals surface area contributed by atoms with Crippen LogP contribution in [-0.4, -0.2) is 29.9 Å². The highest BCUT2D eigenvalue weighted by Crippen LogP contribution is 2.28. The Balaban J connectivity index is -0.000000101. The minimum absolute atomic E-state index is 0. The number of piperidine rings is 1. The van der Waals surface area contributed by atoms with Crippen LogP contribution < -0.4 is 10.6 Å². The second-order valence-corrected chi connectivity index (χ2v) is 8.71. The summed E-state index contributed by atoms with van der Waals surface area (Å²) in [6.45, 7) is 30.6. The Morgan fingerprint density at radius 1 is 1.03 bits per heavy atom. The predicted octanol–water partition coefficient (Wildman–Crippen LogP) is 5.87. The van der Waals surface area contributed by atoms with Crippen LogP contribution in [0.15, 0.2) is 36.1 Å². The first-order chi connectivity index (χ1) is 13.4. The average molecular weight is 447 g/mol. The zero-order valence-electron chi connectivity index (χ0n) is 22.8. The molecule has 31 heavy (non-hydrogen) atoms. The summed E-state index contributed by atoms with van der Waals surface area (Å²) in [6, 6.07) is 0. The summed E-state index contributed by atoms with van der Waals surface area (Å²) in [5.41, 5.74) is 1.34. The molecule has 0 bridgehead atoms. The molecule has 5 heteroatoms. The Morgan fingerprint density at radius 2 is 1.45 bits per heavy atom. The molecule has 6 N–H and O–H groups in total. The third-order valence-corrected chi connectivity index (χ3v) is 4.42. The normalized spacial score (nSPS) is 14.1. The average Bonchev–Trinajstić information content (AvgIpc) is 2.65. The van der Waals surface area contributed by atoms with E-state index in [1.54, 1.807) is 0 Å². The molecule has 0 radical (unpaired) electrons. The van der Waals surface area contributed by atoms with Crippen molar-refractivity contribution >= 4 is 5.91 Å². The van der Waals surface area contributed by atoms with E-state index in [9.17, 15) is 4.79 Å². The first-order valence-corrected chi connectivity index (χ1v) is 11.4. The molecule has 1 amide bonds. The summed E-state index contributed by atoms with van der Waals surface area (Å²) in [6.07, 6.45) is 8.80. The number of hydrogen-bond donors (Lipinski definition) is 2. The van der Waals surface area contributed by atoms with Crippen LogP contribution in [0, 0.1) is 16.7 Å². The summed E-state index contributed by atoms with van der Waals surface area (Å²) < 4.78 is 0. The lowest BCUT2D eigenvalue weighted by Crippen LogP contribution is -2.33. The van der Waals surface area contributed by atoms with Gasteiger partial charge in [0.05, 0.1) is 0 Å². The zero-order chi connectivity index (χ0) is 23.7. The highest BCUT2D eigenvalue weighted by molar-refractivity contribution is 5.82. The maximum Gasteiger partial charge on any atom is 0.229 e. The number of nitrogens with one attached hydrogen (secondary N) is 2. The molecule has 5 nitrogen and oxygen atoms in total. The number of carbonyl (C=O) groups is 1. The van der Waals surface area contributed by atoms with Crippen LogP contribution in [0.5, 0.6) is 0 Å². The molecular weight excluding hydrogens is 388 g/mol. The summed E-state index contributed by atoms with van der Waals surface area (Å²) in [4.78, 5) is 11.8. The van der Waals surface area contributed by atoms with Crippen molar-refractivity contribution in [2.75, 3.05) is 13.1 Å². The quantitative estimate of drug-likeness (QED) is 0.416. The lowest BCUT2D eigenvalue weighted by molar-refractivity contribution is -0.127. The van der Waals surface area contributed by atoms with Gasteiger partial charge in [0.1, 0.15) is 0 Å². The Kier molecular flexibility index (Phi) is 28.1. The molecule has 1 saturated heterocycles. The maximum absolute atomic E-state index is 11.8. The van der Waals surface area contributed by atoms with Crippen molar-refractivity contribution in [3.8, 4) is 0 Å². The molecular formula is C26H58N2O3. The molecule has 1 aliphatic rings. The topological polar surface area (TPSA) is 104 Å². The number of amides is 1. The third kappa shape index (κ3) is 21.6. The van der Waals surface area contributed by atoms with E-state index in [4.69, 9.17) is 0 Å². The van der Waals surface area contributed by atoms with E-state index < -0.39 is 0 Å². The van der Waals surface area contributed by atoms with Crippen LogP contribution in [0.1, 0.15) is 97.4 Å². The molecule has 0 aromatic carbocycles. The van der Waals surface area contributed by atoms with Crippen molar-refractivity contribution in [3.05, 3.63) is 36.1 Å². The molecule has 1 aliphatic heterocycles. The lowest BCUT2D eigenvalue weighted by atomic mass is 9.84. The highest BCUT2D eigenvalue weighted by atomic mass is 16.2. The Morgan fingerprint density at radius 3 is 1.74 bits per heavy atom. The van der Waals surface area contributed by atoms with E-state index in [0.717, 1.165) is 17.2 Å². The zero-order valence-corrected chi connectivity index (χ0v) is 22.8. The molecule has 0 saturated carbocycles. The standard InChI is InChI=1S/C16H27NO.C6H13N.2C2H6.2H2O.H2/c1-9-10-16(7,8)12(2)11-13(3)17-14(18)15(4,5)6;1-6-2-4-7-5-3-6;2*1-2;;;/h9-11H,2H2,1,3-8H3,(H,17,18);6-7H,2-5H2,1H3;2*1-2H3;2*1H2;1H/b10-9+,13-11+;;;;;;. The summed E-state index contributed by atoms with van der Waals surface area (Å²) in [5, 5.41) is 6.22. The van der Waals surface area contributed by atoms with Gasteiger partial charge in [0.15, 0.2) is 0 Å². The first kappa shape index (κ1) is 40.0. The van der Waals surface area contributed by atoms with Crippen LogP contribution >= 0.6 is 0 Å². The van der Waals surface area contributed by atoms with Crippen LogP contribution in [0.25, 0.3) is 0 Å². The van der Waals surface area contributed by atoms with E-state index in [0.29, 0.717) is 0 Å². The van der Waals surface area contributed by atoms with Gasteiger partial charge in [-0.05, 0) is 57.3 Å². The minimum Gasteiger partial charge on any atom is -0.412 e. The van der Waals surface area contributed by atoms with E-state index >= 15 is 0 Å². The monoisotopic (exact) mass is 446 g/mol. The third-order valence-electron chi connectivity index (χ3n) is 4.42. The van der Waals surface area contributed by atoms with Gasteiger partial charge in [0.25, 0.3) is 0 Å². The van der Waals surface area contributed by atoms with Gasteiger partial charge in [-0.1, -0.05) is 88.0 Å². The van der Waals surface area contributed by atoms with Crippen molar-refractivity contribution in [2.24, 2.45) is 16.7 Å². The largest absolute Gasteiger partial charge is 0.412 e. The fourth-order valence-electron chi connectivity index (χ4n) is 2.34. The predicted molar refractivity (Wildman–Crippen MR) is 142 cm³/mol. The van der Waals surface area contributed by atoms with Crippen LogP contribution in [0.4, 0.5) is 0 Å². The van der Waals surface area contributed by atoms with Gasteiger partial charge in [-0.3, -0.25) is 4.79 Å². The van der Waals surface area contributed by atoms with Gasteiger partial charge < -0.3 is 21.6 Å². The lowest BCUT2D eigenvalue weighted by Gasteiger charge is -2.23. The molecule has 0 aliphatic carbocycles. The van der Waals surface area contributed by atoms with Crippen molar-refractivity contribution in [3.63, 3.8) is 0 Å². The van der Waals surface area contributed by atoms with Crippen LogP contribution in [0.2, 0.25) is 0 Å². The minimum atomic E-state index is -0.380. The molecule has 1 heterocycles. The van der Waals surface area contributed by atoms with Crippen molar-refractivity contribution in [2.45, 2.75) is 95.9 Å². The molecule has 190 valence electrons. The Hall–Kier alpha value is -1.43. The molecule has 0 unspecified atom stereocenters. The van der Waals surface area contributed by atoms with Crippen LogP contribution in [-0.2, 0) is 4.79 Å². The first-order valence-electron chi connectivity index (χ1n) is 11.4. The summed E-state index contributed by atoms with van der Waals surface area (Å²) in [5.74, 6) is 0.995. The molecule has 1 fully saturated rings. The van der Waals surface area contributed by atoms with Gasteiger partial charge >= 0.3 is 0 Å². The number of rotatable bonds is 4. The van der Waals surface area contributed by atoms with Gasteiger partial charge in [-0.2, -0.15) is 0 Å². The van der Waals surface area contributed by atoms with Gasteiger partial charge in [-0.25, -0.2) is 0 Å². The smallest absolute Gasteiger partial charge is 0.229 e. The molecule has 0 aromatic rings. The molecule has 0 spiro atoms. The highest BCUT2D eigenvalue weighted by Gasteiger charge is 2.22. The van der Waals surface area contributed by atoms with E-state index in [1.807, 2.05) is 74.5 Å². The molecule has 1 rings (SSSR count). The van der Waals surface area contributed by atoms with Crippen LogP contribution in [0.3, 0.4) is 0 Å². The number of carbonyl (C=O) groups excluding carboxylic acids is 1. The second-order valence-electron chi connectivity index (χ2n) is 8.71. The van der Waals surface area contributed by atoms with E-state index in [1.165, 1.54) is 25.9 Å². The summed E-state index contributed by atoms with van der Waals surface area (Å²) >= 11 is 0. The van der Waals surface area contributed by atoms with Gasteiger partial charge in [0.2, 0.25) is 5.91 Å². The molecule has 0 atom stereocenters. The summed E-state index contributed by atoms with van der Waals surface area (Å²) in [7, 11) is 0. The van der Waals surface area contributed by atoms with Crippen molar-refractivity contribution in [1.29, 1.82) is 0 Å². The molecule has 0 aromatic heterocycles. The fourth-order valence-corrected chi connectivity index (χ4v) is 2.34. The van der Waals surface area contributed by atoms with Gasteiger partial charge in [0, 0.05) is 18.0 Å². The van der Waals surface area contributed by atoms with Crippen molar-refractivity contribution < 1.29 is 17.2 Å². The maximum atomic E-state index is 11.8. The fraction of sp³-hybridized carbons (Fsp3) is 0.731. The van der Waals surface area contributed by atoms with E-state index in [2.05, 4.69) is 44.1 Å². The number of allylic oxidation sites excluding steroid dienone is 5. The van der Waals surface area contributed by atoms with Crippen molar-refractivity contribution in [1.82, 2.24) is 10.6 Å². The Bertz CT molecular complexity index is 502. The van der Waals surface area contributed by atoms with E-state index in [-0.39, 0.29) is 29.1 Å². The number of hydrogen-bond acceptors (Lipinski definition) is 2. The van der Waals surface area contributed by atoms with Gasteiger partial charge in [-0.15, -0.1) is 0 Å². The SMILES string of the molecule is C=C(/C=C(\C)NC(=O)C(C)(C)C)C(C)(C)/C=C/C.CC.CC.CC1CCNCC1.O.O.[HH]. The second kappa shape index (κ2) is 21.8.